The summed E-state index contributed by atoms with van der Waals surface area (Å²) < 4.78 is 0. The van der Waals surface area contributed by atoms with Gasteiger partial charge in [-0.15, -0.1) is 0 Å². The summed E-state index contributed by atoms with van der Waals surface area (Å²) in [5, 5.41) is 13.5. The van der Waals surface area contributed by atoms with Gasteiger partial charge in [0.1, 0.15) is 0 Å². The summed E-state index contributed by atoms with van der Waals surface area (Å²) in [5.41, 5.74) is 0.582. The van der Waals surface area contributed by atoms with E-state index >= 15 is 0 Å². The molecule has 17 heavy (non-hydrogen) atoms. The number of nitrogens with one attached hydrogen (secondary N) is 1. The van der Waals surface area contributed by atoms with E-state index in [1.165, 1.54) is 44.9 Å². The van der Waals surface area contributed by atoms with Gasteiger partial charge in [-0.05, 0) is 43.9 Å². The zero-order valence-corrected chi connectivity index (χ0v) is 11.6. The van der Waals surface area contributed by atoms with Gasteiger partial charge in [-0.25, -0.2) is 0 Å². The lowest BCUT2D eigenvalue weighted by molar-refractivity contribution is -0.00877. The minimum atomic E-state index is -0.0183. The summed E-state index contributed by atoms with van der Waals surface area (Å²) in [6.07, 6.45) is 11.9. The van der Waals surface area contributed by atoms with Crippen molar-refractivity contribution >= 4 is 0 Å². The van der Waals surface area contributed by atoms with Gasteiger partial charge in [-0.3, -0.25) is 0 Å². The first kappa shape index (κ1) is 13.4. The largest absolute Gasteiger partial charge is 0.394 e. The second kappa shape index (κ2) is 5.27. The third-order valence-electron chi connectivity index (χ3n) is 5.66. The van der Waals surface area contributed by atoms with Crippen molar-refractivity contribution in [1.82, 2.24) is 5.32 Å². The lowest BCUT2D eigenvalue weighted by Gasteiger charge is -2.55. The molecule has 0 bridgehead atoms. The molecule has 2 aliphatic carbocycles. The zero-order valence-electron chi connectivity index (χ0n) is 11.6. The van der Waals surface area contributed by atoms with Crippen LogP contribution in [0.15, 0.2) is 0 Å². The minimum absolute atomic E-state index is 0.0183. The van der Waals surface area contributed by atoms with E-state index in [2.05, 4.69) is 19.2 Å². The Kier molecular flexibility index (Phi) is 4.14. The van der Waals surface area contributed by atoms with E-state index in [4.69, 9.17) is 0 Å². The van der Waals surface area contributed by atoms with Crippen molar-refractivity contribution in [3.05, 3.63) is 0 Å². The van der Waals surface area contributed by atoms with E-state index in [-0.39, 0.29) is 12.1 Å². The van der Waals surface area contributed by atoms with Crippen LogP contribution in [0.4, 0.5) is 0 Å². The molecule has 1 spiro atoms. The van der Waals surface area contributed by atoms with Gasteiger partial charge in [0.05, 0.1) is 6.61 Å². The smallest absolute Gasteiger partial charge is 0.0613 e. The third kappa shape index (κ3) is 2.39. The molecule has 100 valence electrons. The molecule has 0 aromatic carbocycles. The van der Waals surface area contributed by atoms with E-state index < -0.39 is 0 Å². The molecule has 0 radical (unpaired) electrons. The Balaban J connectivity index is 1.98. The first-order chi connectivity index (χ1) is 8.20. The Hall–Kier alpha value is -0.0800. The van der Waals surface area contributed by atoms with Crippen molar-refractivity contribution in [3.63, 3.8) is 0 Å². The van der Waals surface area contributed by atoms with Gasteiger partial charge in [0.2, 0.25) is 0 Å². The summed E-state index contributed by atoms with van der Waals surface area (Å²) in [4.78, 5) is 0. The van der Waals surface area contributed by atoms with Gasteiger partial charge in [0, 0.05) is 11.6 Å². The maximum Gasteiger partial charge on any atom is 0.0613 e. The van der Waals surface area contributed by atoms with Crippen molar-refractivity contribution in [2.45, 2.75) is 83.2 Å². The second-order valence-corrected chi connectivity index (χ2v) is 6.30. The van der Waals surface area contributed by atoms with Gasteiger partial charge >= 0.3 is 0 Å². The lowest BCUT2D eigenvalue weighted by atomic mass is 9.57. The molecule has 1 unspecified atom stereocenters. The van der Waals surface area contributed by atoms with Gasteiger partial charge in [-0.1, -0.05) is 33.1 Å². The quantitative estimate of drug-likeness (QED) is 0.772. The molecule has 2 N–H and O–H groups in total. The average molecular weight is 239 g/mol. The highest BCUT2D eigenvalue weighted by Crippen LogP contribution is 2.52. The van der Waals surface area contributed by atoms with Crippen LogP contribution in [-0.2, 0) is 0 Å². The number of hydrogen-bond donors (Lipinski definition) is 2. The molecule has 0 saturated heterocycles. The lowest BCUT2D eigenvalue weighted by Crippen LogP contribution is -2.62. The van der Waals surface area contributed by atoms with E-state index in [1.54, 1.807) is 0 Å². The molecule has 2 heteroatoms. The fraction of sp³-hybridized carbons (Fsp3) is 1.00. The maximum absolute atomic E-state index is 9.67. The molecule has 0 aromatic heterocycles. The molecular weight excluding hydrogens is 210 g/mol. The zero-order chi connectivity index (χ0) is 12.4. The van der Waals surface area contributed by atoms with Crippen molar-refractivity contribution in [3.8, 4) is 0 Å². The normalized spacial score (nSPS) is 28.1. The van der Waals surface area contributed by atoms with Crippen molar-refractivity contribution in [2.75, 3.05) is 6.61 Å². The molecule has 2 fully saturated rings. The molecule has 0 aliphatic heterocycles. The van der Waals surface area contributed by atoms with Crippen molar-refractivity contribution in [1.29, 1.82) is 0 Å². The first-order valence-electron chi connectivity index (χ1n) is 7.59. The third-order valence-corrected chi connectivity index (χ3v) is 5.66. The van der Waals surface area contributed by atoms with Crippen LogP contribution in [0.1, 0.15) is 71.6 Å². The van der Waals surface area contributed by atoms with Crippen LogP contribution >= 0.6 is 0 Å². The van der Waals surface area contributed by atoms with Crippen LogP contribution in [0.2, 0.25) is 0 Å². The van der Waals surface area contributed by atoms with Crippen LogP contribution in [0.3, 0.4) is 0 Å². The Morgan fingerprint density at radius 2 is 1.76 bits per heavy atom. The molecule has 2 nitrogen and oxygen atoms in total. The highest BCUT2D eigenvalue weighted by atomic mass is 16.3. The number of rotatable bonds is 5. The maximum atomic E-state index is 9.67. The van der Waals surface area contributed by atoms with Crippen molar-refractivity contribution < 1.29 is 5.11 Å². The summed E-state index contributed by atoms with van der Waals surface area (Å²) in [5.74, 6) is 0. The SMILES string of the molecule is CCC(CC)(CO)NC1CCC12CCCCC2. The monoisotopic (exact) mass is 239 g/mol. The summed E-state index contributed by atoms with van der Waals surface area (Å²) in [6, 6.07) is 0.676. The molecule has 2 saturated carbocycles. The van der Waals surface area contributed by atoms with Gasteiger partial charge in [0.25, 0.3) is 0 Å². The molecule has 0 aromatic rings. The fourth-order valence-electron chi connectivity index (χ4n) is 3.87. The van der Waals surface area contributed by atoms with Crippen LogP contribution in [0.25, 0.3) is 0 Å². The minimum Gasteiger partial charge on any atom is -0.394 e. The van der Waals surface area contributed by atoms with Crippen LogP contribution < -0.4 is 5.32 Å². The van der Waals surface area contributed by atoms with Gasteiger partial charge in [-0.2, -0.15) is 0 Å². The van der Waals surface area contributed by atoms with Crippen LogP contribution in [0.5, 0.6) is 0 Å². The summed E-state index contributed by atoms with van der Waals surface area (Å²) in [6.45, 7) is 4.67. The fourth-order valence-corrected chi connectivity index (χ4v) is 3.87. The average Bonchev–Trinajstić information content (AvgIpc) is 2.41. The highest BCUT2D eigenvalue weighted by Gasteiger charge is 2.48. The first-order valence-corrected chi connectivity index (χ1v) is 7.59. The Labute approximate surface area is 106 Å². The number of aliphatic hydroxyl groups excluding tert-OH is 1. The topological polar surface area (TPSA) is 32.3 Å². The van der Waals surface area contributed by atoms with Crippen LogP contribution in [-0.4, -0.2) is 23.3 Å². The Morgan fingerprint density at radius 3 is 2.18 bits per heavy atom. The molecule has 0 heterocycles. The summed E-state index contributed by atoms with van der Waals surface area (Å²) >= 11 is 0. The van der Waals surface area contributed by atoms with Crippen molar-refractivity contribution in [2.24, 2.45) is 5.41 Å². The summed E-state index contributed by atoms with van der Waals surface area (Å²) in [7, 11) is 0. The number of aliphatic hydroxyl groups is 1. The standard InChI is InChI=1S/C15H29NO/c1-3-15(4-2,12-17)16-13-8-11-14(13)9-6-5-7-10-14/h13,16-17H,3-12H2,1-2H3. The van der Waals surface area contributed by atoms with Gasteiger partial charge in [0.15, 0.2) is 0 Å². The molecular formula is C15H29NO. The van der Waals surface area contributed by atoms with E-state index in [1.807, 2.05) is 0 Å². The predicted molar refractivity (Wildman–Crippen MR) is 72.1 cm³/mol. The highest BCUT2D eigenvalue weighted by molar-refractivity contribution is 5.05. The van der Waals surface area contributed by atoms with E-state index in [9.17, 15) is 5.11 Å². The molecule has 2 aliphatic rings. The van der Waals surface area contributed by atoms with E-state index in [0.717, 1.165) is 12.8 Å². The molecule has 1 atom stereocenters. The van der Waals surface area contributed by atoms with Gasteiger partial charge < -0.3 is 10.4 Å². The second-order valence-electron chi connectivity index (χ2n) is 6.30. The van der Waals surface area contributed by atoms with E-state index in [0.29, 0.717) is 11.5 Å². The van der Waals surface area contributed by atoms with Crippen LogP contribution in [0, 0.1) is 5.41 Å². The number of hydrogen-bond acceptors (Lipinski definition) is 2. The Morgan fingerprint density at radius 1 is 1.12 bits per heavy atom. The Bertz CT molecular complexity index is 233. The predicted octanol–water partition coefficient (Wildman–Crippen LogP) is 3.24. The molecule has 0 amide bonds. The molecule has 2 rings (SSSR count).